The van der Waals surface area contributed by atoms with Crippen LogP contribution in [-0.2, 0) is 11.3 Å². The zero-order valence-electron chi connectivity index (χ0n) is 15.4. The Labute approximate surface area is 177 Å². The fourth-order valence-electron chi connectivity index (χ4n) is 2.41. The second kappa shape index (κ2) is 11.3. The Morgan fingerprint density at radius 1 is 1.24 bits per heavy atom. The SMILES string of the molecule is Cc1ccc(OCOC(Cn2ccnc2)c2ccc(Cl)cc2Cl)cc1.O=[N+]([O-])O. The fraction of sp³-hybridized carbons (Fsp3) is 0.211. The van der Waals surface area contributed by atoms with Crippen LogP contribution in [0, 0.1) is 17.0 Å². The maximum atomic E-state index is 8.36. The molecule has 0 saturated carbocycles. The highest BCUT2D eigenvalue weighted by atomic mass is 35.5. The molecule has 1 N–H and O–H groups in total. The van der Waals surface area contributed by atoms with Crippen molar-refractivity contribution in [2.45, 2.75) is 19.6 Å². The van der Waals surface area contributed by atoms with E-state index < -0.39 is 5.09 Å². The molecule has 0 aliphatic carbocycles. The number of rotatable bonds is 7. The molecule has 1 heterocycles. The van der Waals surface area contributed by atoms with Gasteiger partial charge in [0, 0.05) is 28.0 Å². The highest BCUT2D eigenvalue weighted by Crippen LogP contribution is 2.29. The Bertz CT molecular complexity index is 901. The van der Waals surface area contributed by atoms with Gasteiger partial charge in [-0.15, -0.1) is 10.1 Å². The molecule has 0 saturated heterocycles. The summed E-state index contributed by atoms with van der Waals surface area (Å²) in [6, 6.07) is 13.2. The molecule has 10 heteroatoms. The summed E-state index contributed by atoms with van der Waals surface area (Å²) in [6.45, 7) is 2.71. The van der Waals surface area contributed by atoms with E-state index in [9.17, 15) is 0 Å². The maximum Gasteiger partial charge on any atom is 0.291 e. The van der Waals surface area contributed by atoms with Crippen LogP contribution in [0.4, 0.5) is 0 Å². The zero-order valence-corrected chi connectivity index (χ0v) is 17.0. The van der Waals surface area contributed by atoms with Gasteiger partial charge in [0.2, 0.25) is 0 Å². The molecule has 1 aromatic heterocycles. The van der Waals surface area contributed by atoms with E-state index in [1.807, 2.05) is 48.0 Å². The van der Waals surface area contributed by atoms with Gasteiger partial charge >= 0.3 is 0 Å². The van der Waals surface area contributed by atoms with Gasteiger partial charge in [0.05, 0.1) is 12.9 Å². The van der Waals surface area contributed by atoms with E-state index >= 15 is 0 Å². The fourth-order valence-corrected chi connectivity index (χ4v) is 2.94. The quantitative estimate of drug-likeness (QED) is 0.317. The van der Waals surface area contributed by atoms with Crippen molar-refractivity contribution in [3.63, 3.8) is 0 Å². The minimum absolute atomic E-state index is 0.112. The molecular formula is C19H19Cl2N3O5. The van der Waals surface area contributed by atoms with Crippen molar-refractivity contribution in [1.82, 2.24) is 9.55 Å². The molecule has 154 valence electrons. The highest BCUT2D eigenvalue weighted by molar-refractivity contribution is 6.35. The van der Waals surface area contributed by atoms with Crippen molar-refractivity contribution in [2.75, 3.05) is 6.79 Å². The number of imidazole rings is 1. The summed E-state index contributed by atoms with van der Waals surface area (Å²) in [5.74, 6) is 0.759. The summed E-state index contributed by atoms with van der Waals surface area (Å²) >= 11 is 12.3. The average molecular weight is 440 g/mol. The third-order valence-electron chi connectivity index (χ3n) is 3.76. The molecule has 2 aromatic carbocycles. The van der Waals surface area contributed by atoms with E-state index in [4.69, 9.17) is 48.0 Å². The van der Waals surface area contributed by atoms with Gasteiger partial charge in [-0.2, -0.15) is 0 Å². The van der Waals surface area contributed by atoms with Gasteiger partial charge in [-0.3, -0.25) is 0 Å². The van der Waals surface area contributed by atoms with Crippen molar-refractivity contribution in [2.24, 2.45) is 0 Å². The Kier molecular flexibility index (Phi) is 8.72. The van der Waals surface area contributed by atoms with Crippen LogP contribution in [0.3, 0.4) is 0 Å². The largest absolute Gasteiger partial charge is 0.468 e. The number of halogens is 2. The summed E-state index contributed by atoms with van der Waals surface area (Å²) in [4.78, 5) is 12.4. The molecule has 3 aromatic rings. The molecule has 0 bridgehead atoms. The van der Waals surface area contributed by atoms with Gasteiger partial charge in [0.25, 0.3) is 5.09 Å². The van der Waals surface area contributed by atoms with Crippen molar-refractivity contribution in [3.8, 4) is 5.75 Å². The van der Waals surface area contributed by atoms with E-state index in [1.54, 1.807) is 24.7 Å². The number of nitrogens with zero attached hydrogens (tertiary/aromatic N) is 3. The number of ether oxygens (including phenoxy) is 2. The second-order valence-corrected chi connectivity index (χ2v) is 6.74. The number of aromatic nitrogens is 2. The smallest absolute Gasteiger partial charge is 0.291 e. The lowest BCUT2D eigenvalue weighted by atomic mass is 10.1. The number of aryl methyl sites for hydroxylation is 1. The summed E-state index contributed by atoms with van der Waals surface area (Å²) in [5, 5.41) is 14.8. The van der Waals surface area contributed by atoms with Crippen LogP contribution in [-0.4, -0.2) is 26.6 Å². The molecule has 1 atom stereocenters. The van der Waals surface area contributed by atoms with Gasteiger partial charge < -0.3 is 19.2 Å². The Hall–Kier alpha value is -2.81. The lowest BCUT2D eigenvalue weighted by Crippen LogP contribution is -2.15. The Morgan fingerprint density at radius 3 is 2.52 bits per heavy atom. The van der Waals surface area contributed by atoms with E-state index in [1.165, 1.54) is 5.56 Å². The molecular weight excluding hydrogens is 421 g/mol. The number of hydrogen-bond donors (Lipinski definition) is 1. The van der Waals surface area contributed by atoms with Crippen LogP contribution < -0.4 is 4.74 Å². The third kappa shape index (κ3) is 7.98. The van der Waals surface area contributed by atoms with Gasteiger partial charge in [-0.05, 0) is 31.2 Å². The molecule has 3 rings (SSSR count). The van der Waals surface area contributed by atoms with E-state index in [0.29, 0.717) is 16.6 Å². The van der Waals surface area contributed by atoms with E-state index in [0.717, 1.165) is 11.3 Å². The molecule has 0 amide bonds. The van der Waals surface area contributed by atoms with Gasteiger partial charge in [-0.25, -0.2) is 4.98 Å². The van der Waals surface area contributed by atoms with Crippen LogP contribution in [0.5, 0.6) is 5.75 Å². The molecule has 29 heavy (non-hydrogen) atoms. The van der Waals surface area contributed by atoms with E-state index in [-0.39, 0.29) is 12.9 Å². The molecule has 0 aliphatic heterocycles. The number of benzene rings is 2. The summed E-state index contributed by atoms with van der Waals surface area (Å²) in [5.41, 5.74) is 2.03. The van der Waals surface area contributed by atoms with Gasteiger partial charge in [0.1, 0.15) is 11.9 Å². The van der Waals surface area contributed by atoms with Crippen LogP contribution in [0.1, 0.15) is 17.2 Å². The van der Waals surface area contributed by atoms with Crippen LogP contribution >= 0.6 is 23.2 Å². The van der Waals surface area contributed by atoms with E-state index in [2.05, 4.69) is 4.98 Å². The third-order valence-corrected chi connectivity index (χ3v) is 4.32. The van der Waals surface area contributed by atoms with Crippen LogP contribution in [0.25, 0.3) is 0 Å². The van der Waals surface area contributed by atoms with Crippen molar-refractivity contribution in [3.05, 3.63) is 92.5 Å². The first-order chi connectivity index (χ1) is 13.8. The van der Waals surface area contributed by atoms with Gasteiger partial charge in [-0.1, -0.05) is 47.0 Å². The zero-order chi connectivity index (χ0) is 21.2. The minimum Gasteiger partial charge on any atom is -0.468 e. The average Bonchev–Trinajstić information content (AvgIpc) is 3.15. The lowest BCUT2D eigenvalue weighted by molar-refractivity contribution is -0.742. The van der Waals surface area contributed by atoms with Crippen molar-refractivity contribution in [1.29, 1.82) is 0 Å². The van der Waals surface area contributed by atoms with Crippen molar-refractivity contribution < 1.29 is 19.8 Å². The molecule has 8 nitrogen and oxygen atoms in total. The highest BCUT2D eigenvalue weighted by Gasteiger charge is 2.17. The Morgan fingerprint density at radius 2 is 1.93 bits per heavy atom. The predicted molar refractivity (Wildman–Crippen MR) is 108 cm³/mol. The normalized spacial score (nSPS) is 11.3. The van der Waals surface area contributed by atoms with Crippen LogP contribution in [0.2, 0.25) is 10.0 Å². The standard InChI is InChI=1S/C19H18Cl2N2O2.HNO3/c1-14-2-5-16(6-3-14)24-13-25-19(11-23-9-8-22-12-23)17-7-4-15(20)10-18(17)21;2-1(3)4/h2-10,12,19H,11,13H2,1H3;(H,2,3,4). The first-order valence-corrected chi connectivity index (χ1v) is 9.15. The first kappa shape index (κ1) is 22.5. The summed E-state index contributed by atoms with van der Waals surface area (Å²) in [7, 11) is 0. The monoisotopic (exact) mass is 439 g/mol. The van der Waals surface area contributed by atoms with Crippen LogP contribution in [0.15, 0.2) is 61.2 Å². The van der Waals surface area contributed by atoms with Gasteiger partial charge in [0.15, 0.2) is 6.79 Å². The summed E-state index contributed by atoms with van der Waals surface area (Å²) < 4.78 is 13.6. The number of hydrogen-bond acceptors (Lipinski definition) is 5. The maximum absolute atomic E-state index is 8.36. The van der Waals surface area contributed by atoms with Crippen molar-refractivity contribution >= 4 is 23.2 Å². The molecule has 0 fully saturated rings. The Balaban J connectivity index is 0.000000687. The summed E-state index contributed by atoms with van der Waals surface area (Å²) in [6.07, 6.45) is 5.05. The predicted octanol–water partition coefficient (Wildman–Crippen LogP) is 4.95. The first-order valence-electron chi connectivity index (χ1n) is 8.40. The topological polar surface area (TPSA) is 99.7 Å². The second-order valence-electron chi connectivity index (χ2n) is 5.89. The molecule has 0 radical (unpaired) electrons. The minimum atomic E-state index is -1.50. The molecule has 0 spiro atoms. The molecule has 1 unspecified atom stereocenters. The molecule has 0 aliphatic rings. The lowest BCUT2D eigenvalue weighted by Gasteiger charge is -2.20.